The molecule has 2 atom stereocenters. The molecule has 2 rings (SSSR count). The molecule has 8 heteroatoms. The van der Waals surface area contributed by atoms with Crippen LogP contribution < -0.4 is 16.0 Å². The van der Waals surface area contributed by atoms with Gasteiger partial charge in [0.1, 0.15) is 0 Å². The van der Waals surface area contributed by atoms with Crippen molar-refractivity contribution in [3.05, 3.63) is 71.8 Å². The number of carbonyl (C=O) groups is 3. The van der Waals surface area contributed by atoms with Crippen LogP contribution in [0.25, 0.3) is 0 Å². The van der Waals surface area contributed by atoms with E-state index in [4.69, 9.17) is 10.2 Å². The van der Waals surface area contributed by atoms with Crippen molar-refractivity contribution in [3.8, 4) is 0 Å². The van der Waals surface area contributed by atoms with Gasteiger partial charge in [0.2, 0.25) is 5.91 Å². The lowest BCUT2D eigenvalue weighted by molar-refractivity contribution is -0.125. The zero-order chi connectivity index (χ0) is 23.2. The molecular weight excluding hydrogens is 410 g/mol. The van der Waals surface area contributed by atoms with Gasteiger partial charge in [-0.15, -0.1) is 0 Å². The molecule has 0 fully saturated rings. The van der Waals surface area contributed by atoms with E-state index in [1.54, 1.807) is 0 Å². The smallest absolute Gasteiger partial charge is 0.404 e. The summed E-state index contributed by atoms with van der Waals surface area (Å²) >= 11 is 0. The molecule has 0 saturated heterocycles. The second-order valence-electron chi connectivity index (χ2n) is 7.68. The predicted molar refractivity (Wildman–Crippen MR) is 122 cm³/mol. The number of hydrogen-bond donors (Lipinski definition) is 5. The van der Waals surface area contributed by atoms with Crippen molar-refractivity contribution in [1.82, 2.24) is 16.0 Å². The summed E-state index contributed by atoms with van der Waals surface area (Å²) in [7, 11) is 0. The fraction of sp³-hybridized carbons (Fsp3) is 0.375. The Morgan fingerprint density at radius 1 is 0.781 bits per heavy atom. The Morgan fingerprint density at radius 3 is 2.00 bits per heavy atom. The average Bonchev–Trinajstić information content (AvgIpc) is 2.78. The quantitative estimate of drug-likeness (QED) is 0.305. The minimum atomic E-state index is -1.18. The summed E-state index contributed by atoms with van der Waals surface area (Å²) in [6.07, 6.45) is 0.588. The molecule has 2 aromatic carbocycles. The van der Waals surface area contributed by atoms with Crippen LogP contribution in [-0.2, 0) is 17.6 Å². The van der Waals surface area contributed by atoms with E-state index in [2.05, 4.69) is 16.0 Å². The van der Waals surface area contributed by atoms with Crippen LogP contribution >= 0.6 is 0 Å². The topological polar surface area (TPSA) is 128 Å². The molecule has 2 aromatic rings. The van der Waals surface area contributed by atoms with E-state index in [0.29, 0.717) is 25.7 Å². The number of carboxylic acid groups (broad SMARTS) is 2. The van der Waals surface area contributed by atoms with Gasteiger partial charge in [-0.1, -0.05) is 60.7 Å². The molecule has 0 bridgehead atoms. The predicted octanol–water partition coefficient (Wildman–Crippen LogP) is 3.28. The number of benzene rings is 2. The number of rotatable bonds is 13. The van der Waals surface area contributed by atoms with Crippen LogP contribution in [0.15, 0.2) is 60.7 Å². The fourth-order valence-electron chi connectivity index (χ4n) is 3.52. The molecule has 0 aliphatic rings. The van der Waals surface area contributed by atoms with E-state index >= 15 is 0 Å². The van der Waals surface area contributed by atoms with Crippen LogP contribution in [0.5, 0.6) is 0 Å². The van der Waals surface area contributed by atoms with Gasteiger partial charge >= 0.3 is 12.2 Å². The zero-order valence-electron chi connectivity index (χ0n) is 18.0. The van der Waals surface area contributed by atoms with E-state index in [9.17, 15) is 14.4 Å². The largest absolute Gasteiger partial charge is 0.465 e. The molecule has 3 amide bonds. The maximum atomic E-state index is 13.0. The Hall–Kier alpha value is -3.55. The second kappa shape index (κ2) is 13.7. The first-order chi connectivity index (χ1) is 15.4. The van der Waals surface area contributed by atoms with Crippen LogP contribution in [0.4, 0.5) is 9.59 Å². The standard InChI is InChI=1S/C24H31N3O5/c28-22(26-17-21(27-24(31)32)12-7-15-25-23(29)30)20(16-19-10-5-2-6-11-19)14-13-18-8-3-1-4-9-18/h1-6,8-11,20-21,25,27H,7,12-17H2,(H,26,28)(H,29,30)(H,31,32)/t20?,21-/m0/s1. The number of aryl methyl sites for hydroxylation is 1. The third-order valence-electron chi connectivity index (χ3n) is 5.18. The summed E-state index contributed by atoms with van der Waals surface area (Å²) in [5, 5.41) is 25.3. The Morgan fingerprint density at radius 2 is 1.41 bits per heavy atom. The van der Waals surface area contributed by atoms with Crippen molar-refractivity contribution in [2.75, 3.05) is 13.1 Å². The maximum absolute atomic E-state index is 13.0. The summed E-state index contributed by atoms with van der Waals surface area (Å²) in [5.74, 6) is -0.373. The summed E-state index contributed by atoms with van der Waals surface area (Å²) in [6, 6.07) is 19.3. The molecule has 0 aliphatic heterocycles. The van der Waals surface area contributed by atoms with Crippen LogP contribution in [0, 0.1) is 5.92 Å². The third-order valence-corrected chi connectivity index (χ3v) is 5.18. The lowest BCUT2D eigenvalue weighted by atomic mass is 9.92. The highest BCUT2D eigenvalue weighted by Crippen LogP contribution is 2.16. The van der Waals surface area contributed by atoms with E-state index in [1.807, 2.05) is 60.7 Å². The lowest BCUT2D eigenvalue weighted by Crippen LogP contribution is -2.45. The van der Waals surface area contributed by atoms with Crippen LogP contribution in [0.3, 0.4) is 0 Å². The highest BCUT2D eigenvalue weighted by Gasteiger charge is 2.21. The molecule has 0 radical (unpaired) electrons. The lowest BCUT2D eigenvalue weighted by Gasteiger charge is -2.21. The third kappa shape index (κ3) is 9.97. The SMILES string of the molecule is O=C(O)NCCC[C@@H](CNC(=O)C(CCc1ccccc1)Cc1ccccc1)NC(=O)O. The van der Waals surface area contributed by atoms with Crippen molar-refractivity contribution in [3.63, 3.8) is 0 Å². The van der Waals surface area contributed by atoms with Gasteiger partial charge in [0.15, 0.2) is 0 Å². The van der Waals surface area contributed by atoms with Crippen molar-refractivity contribution >= 4 is 18.1 Å². The molecule has 0 heterocycles. The van der Waals surface area contributed by atoms with Crippen LogP contribution in [0.2, 0.25) is 0 Å². The normalized spacial score (nSPS) is 12.4. The average molecular weight is 442 g/mol. The van der Waals surface area contributed by atoms with Gasteiger partial charge in [-0.3, -0.25) is 4.79 Å². The molecule has 0 saturated carbocycles. The minimum Gasteiger partial charge on any atom is -0.465 e. The van der Waals surface area contributed by atoms with E-state index < -0.39 is 18.2 Å². The van der Waals surface area contributed by atoms with Gasteiger partial charge < -0.3 is 26.2 Å². The molecule has 5 N–H and O–H groups in total. The summed E-state index contributed by atoms with van der Waals surface area (Å²) in [4.78, 5) is 34.6. The molecule has 0 aliphatic carbocycles. The van der Waals surface area contributed by atoms with Crippen LogP contribution in [0.1, 0.15) is 30.4 Å². The van der Waals surface area contributed by atoms with Gasteiger partial charge in [0.05, 0.1) is 0 Å². The molecule has 1 unspecified atom stereocenters. The number of nitrogens with one attached hydrogen (secondary N) is 3. The zero-order valence-corrected chi connectivity index (χ0v) is 18.0. The highest BCUT2D eigenvalue weighted by atomic mass is 16.4. The van der Waals surface area contributed by atoms with Crippen molar-refractivity contribution < 1.29 is 24.6 Å². The van der Waals surface area contributed by atoms with Gasteiger partial charge in [-0.25, -0.2) is 9.59 Å². The number of carbonyl (C=O) groups excluding carboxylic acids is 1. The second-order valence-corrected chi connectivity index (χ2v) is 7.68. The molecule has 0 aromatic heterocycles. The summed E-state index contributed by atoms with van der Waals surface area (Å²) in [5.41, 5.74) is 2.23. The summed E-state index contributed by atoms with van der Waals surface area (Å²) in [6.45, 7) is 0.365. The van der Waals surface area contributed by atoms with E-state index in [-0.39, 0.29) is 24.9 Å². The van der Waals surface area contributed by atoms with Gasteiger partial charge in [-0.2, -0.15) is 0 Å². The van der Waals surface area contributed by atoms with Crippen molar-refractivity contribution in [2.45, 2.75) is 38.1 Å². The van der Waals surface area contributed by atoms with Crippen molar-refractivity contribution in [1.29, 1.82) is 0 Å². The first-order valence-corrected chi connectivity index (χ1v) is 10.8. The molecule has 8 nitrogen and oxygen atoms in total. The Labute approximate surface area is 188 Å². The maximum Gasteiger partial charge on any atom is 0.404 e. The molecule has 172 valence electrons. The highest BCUT2D eigenvalue weighted by molar-refractivity contribution is 5.79. The molecule has 0 spiro atoms. The van der Waals surface area contributed by atoms with Crippen LogP contribution in [-0.4, -0.2) is 47.4 Å². The first kappa shape index (κ1) is 24.7. The summed E-state index contributed by atoms with van der Waals surface area (Å²) < 4.78 is 0. The molecule has 32 heavy (non-hydrogen) atoms. The van der Waals surface area contributed by atoms with E-state index in [0.717, 1.165) is 17.5 Å². The Bertz CT molecular complexity index is 845. The monoisotopic (exact) mass is 441 g/mol. The molecular formula is C24H31N3O5. The van der Waals surface area contributed by atoms with Gasteiger partial charge in [0.25, 0.3) is 0 Å². The fourth-order valence-corrected chi connectivity index (χ4v) is 3.52. The van der Waals surface area contributed by atoms with Gasteiger partial charge in [0, 0.05) is 25.0 Å². The number of amides is 3. The number of hydrogen-bond acceptors (Lipinski definition) is 3. The minimum absolute atomic E-state index is 0.120. The van der Waals surface area contributed by atoms with Gasteiger partial charge in [-0.05, 0) is 43.2 Å². The Kier molecular flexibility index (Phi) is 10.6. The Balaban J connectivity index is 1.95. The van der Waals surface area contributed by atoms with E-state index in [1.165, 1.54) is 0 Å². The first-order valence-electron chi connectivity index (χ1n) is 10.8. The van der Waals surface area contributed by atoms with Crippen molar-refractivity contribution in [2.24, 2.45) is 5.92 Å².